The van der Waals surface area contributed by atoms with E-state index in [0.29, 0.717) is 5.82 Å². The Bertz CT molecular complexity index is 406. The third-order valence-electron chi connectivity index (χ3n) is 1.82. The van der Waals surface area contributed by atoms with Gasteiger partial charge in [-0.2, -0.15) is 0 Å². The first-order valence-electron chi connectivity index (χ1n) is 3.93. The van der Waals surface area contributed by atoms with Gasteiger partial charge in [-0.05, 0) is 18.6 Å². The number of pyridine rings is 1. The fourth-order valence-corrected chi connectivity index (χ4v) is 2.20. The summed E-state index contributed by atoms with van der Waals surface area (Å²) >= 11 is 1.79. The highest BCUT2D eigenvalue weighted by molar-refractivity contribution is 7.19. The maximum atomic E-state index is 5.57. The lowest BCUT2D eigenvalue weighted by Gasteiger charge is -1.89. The largest absolute Gasteiger partial charge is 0.384 e. The van der Waals surface area contributed by atoms with E-state index in [1.165, 1.54) is 15.0 Å². The Morgan fingerprint density at radius 3 is 3.08 bits per heavy atom. The zero-order valence-corrected chi connectivity index (χ0v) is 7.69. The van der Waals surface area contributed by atoms with Crippen LogP contribution in [0.5, 0.6) is 0 Å². The van der Waals surface area contributed by atoms with Gasteiger partial charge < -0.3 is 5.73 Å². The van der Waals surface area contributed by atoms with E-state index < -0.39 is 0 Å². The molecule has 12 heavy (non-hydrogen) atoms. The SMILES string of the molecule is CCc1cc2cnc(N)cc2s1. The summed E-state index contributed by atoms with van der Waals surface area (Å²) in [4.78, 5) is 5.43. The first-order valence-corrected chi connectivity index (χ1v) is 4.75. The first kappa shape index (κ1) is 7.55. The molecule has 2 heterocycles. The van der Waals surface area contributed by atoms with E-state index in [1.54, 1.807) is 11.3 Å². The fourth-order valence-electron chi connectivity index (χ4n) is 1.18. The lowest BCUT2D eigenvalue weighted by atomic mass is 10.3. The van der Waals surface area contributed by atoms with Gasteiger partial charge in [0.05, 0.1) is 0 Å². The molecule has 0 aliphatic carbocycles. The van der Waals surface area contributed by atoms with E-state index in [9.17, 15) is 0 Å². The molecule has 3 heteroatoms. The van der Waals surface area contributed by atoms with Crippen LogP contribution >= 0.6 is 11.3 Å². The van der Waals surface area contributed by atoms with Gasteiger partial charge in [0.15, 0.2) is 0 Å². The summed E-state index contributed by atoms with van der Waals surface area (Å²) in [6.45, 7) is 2.15. The average molecular weight is 178 g/mol. The normalized spacial score (nSPS) is 10.8. The van der Waals surface area contributed by atoms with Crippen LogP contribution in [0.15, 0.2) is 18.3 Å². The van der Waals surface area contributed by atoms with Crippen LogP contribution < -0.4 is 5.73 Å². The molecule has 0 unspecified atom stereocenters. The van der Waals surface area contributed by atoms with Gasteiger partial charge in [0.2, 0.25) is 0 Å². The van der Waals surface area contributed by atoms with Crippen molar-refractivity contribution in [2.24, 2.45) is 0 Å². The second-order valence-electron chi connectivity index (χ2n) is 2.71. The summed E-state index contributed by atoms with van der Waals surface area (Å²) in [5.74, 6) is 0.604. The van der Waals surface area contributed by atoms with Crippen molar-refractivity contribution < 1.29 is 0 Å². The monoisotopic (exact) mass is 178 g/mol. The summed E-state index contributed by atoms with van der Waals surface area (Å²) in [5, 5.41) is 1.20. The van der Waals surface area contributed by atoms with Gasteiger partial charge in [-0.1, -0.05) is 6.92 Å². The Morgan fingerprint density at radius 1 is 1.50 bits per heavy atom. The van der Waals surface area contributed by atoms with Gasteiger partial charge in [-0.15, -0.1) is 11.3 Å². The van der Waals surface area contributed by atoms with E-state index in [4.69, 9.17) is 5.73 Å². The molecule has 0 aliphatic heterocycles. The van der Waals surface area contributed by atoms with Gasteiger partial charge >= 0.3 is 0 Å². The van der Waals surface area contributed by atoms with E-state index in [2.05, 4.69) is 18.0 Å². The lowest BCUT2D eigenvalue weighted by Crippen LogP contribution is -1.86. The molecule has 0 bridgehead atoms. The molecule has 2 aromatic rings. The zero-order valence-electron chi connectivity index (χ0n) is 6.87. The van der Waals surface area contributed by atoms with Crippen molar-refractivity contribution in [3.05, 3.63) is 23.2 Å². The van der Waals surface area contributed by atoms with Crippen LogP contribution in [0.4, 0.5) is 5.82 Å². The summed E-state index contributed by atoms with van der Waals surface area (Å²) in [7, 11) is 0. The topological polar surface area (TPSA) is 38.9 Å². The van der Waals surface area contributed by atoms with E-state index >= 15 is 0 Å². The van der Waals surface area contributed by atoms with Crippen LogP contribution in [-0.2, 0) is 6.42 Å². The van der Waals surface area contributed by atoms with Crippen molar-refractivity contribution in [1.29, 1.82) is 0 Å². The molecule has 0 aliphatic rings. The minimum absolute atomic E-state index is 0.604. The number of hydrogen-bond donors (Lipinski definition) is 1. The van der Waals surface area contributed by atoms with Gasteiger partial charge in [-0.25, -0.2) is 4.98 Å². The molecule has 2 aromatic heterocycles. The molecule has 0 atom stereocenters. The maximum absolute atomic E-state index is 5.57. The van der Waals surface area contributed by atoms with E-state index in [0.717, 1.165) is 6.42 Å². The maximum Gasteiger partial charge on any atom is 0.124 e. The number of nitrogens with zero attached hydrogens (tertiary/aromatic N) is 1. The zero-order chi connectivity index (χ0) is 8.55. The highest BCUT2D eigenvalue weighted by Crippen LogP contribution is 2.26. The van der Waals surface area contributed by atoms with Gasteiger partial charge in [-0.3, -0.25) is 0 Å². The second-order valence-corrected chi connectivity index (χ2v) is 3.88. The number of rotatable bonds is 1. The minimum Gasteiger partial charge on any atom is -0.384 e. The summed E-state index contributed by atoms with van der Waals surface area (Å²) in [5.41, 5.74) is 5.57. The predicted molar refractivity (Wildman–Crippen MR) is 53.4 cm³/mol. The molecule has 62 valence electrons. The number of hydrogen-bond acceptors (Lipinski definition) is 3. The third kappa shape index (κ3) is 1.16. The standard InChI is InChI=1S/C9H10N2S/c1-2-7-3-6-5-11-9(10)4-8(6)12-7/h3-5H,2H2,1H3,(H2,10,11). The second kappa shape index (κ2) is 2.75. The van der Waals surface area contributed by atoms with E-state index in [1.807, 2.05) is 12.3 Å². The highest BCUT2D eigenvalue weighted by Gasteiger charge is 2.00. The Kier molecular flexibility index (Phi) is 1.73. The van der Waals surface area contributed by atoms with Crippen molar-refractivity contribution in [2.45, 2.75) is 13.3 Å². The van der Waals surface area contributed by atoms with Crippen molar-refractivity contribution in [3.63, 3.8) is 0 Å². The minimum atomic E-state index is 0.604. The molecular formula is C9H10N2S. The third-order valence-corrected chi connectivity index (χ3v) is 3.06. The highest BCUT2D eigenvalue weighted by atomic mass is 32.1. The predicted octanol–water partition coefficient (Wildman–Crippen LogP) is 2.44. The number of nitrogens with two attached hydrogens (primary N) is 1. The Balaban J connectivity index is 2.67. The number of aryl methyl sites for hydroxylation is 1. The number of nitrogen functional groups attached to an aromatic ring is 1. The van der Waals surface area contributed by atoms with Gasteiger partial charge in [0.1, 0.15) is 5.82 Å². The van der Waals surface area contributed by atoms with Crippen LogP contribution in [0.1, 0.15) is 11.8 Å². The molecule has 0 fully saturated rings. The van der Waals surface area contributed by atoms with Crippen molar-refractivity contribution >= 4 is 27.2 Å². The summed E-state index contributed by atoms with van der Waals surface area (Å²) in [6.07, 6.45) is 2.92. The van der Waals surface area contributed by atoms with Crippen LogP contribution in [0.2, 0.25) is 0 Å². The molecular weight excluding hydrogens is 168 g/mol. The summed E-state index contributed by atoms with van der Waals surface area (Å²) < 4.78 is 1.24. The first-order chi connectivity index (χ1) is 5.79. The number of fused-ring (bicyclic) bond motifs is 1. The van der Waals surface area contributed by atoms with Crippen LogP contribution in [0, 0.1) is 0 Å². The number of thiophene rings is 1. The van der Waals surface area contributed by atoms with Crippen LogP contribution in [0.3, 0.4) is 0 Å². The van der Waals surface area contributed by atoms with Gasteiger partial charge in [0, 0.05) is 21.2 Å². The van der Waals surface area contributed by atoms with Crippen molar-refractivity contribution in [1.82, 2.24) is 4.98 Å². The van der Waals surface area contributed by atoms with Crippen molar-refractivity contribution in [3.8, 4) is 0 Å². The van der Waals surface area contributed by atoms with Gasteiger partial charge in [0.25, 0.3) is 0 Å². The lowest BCUT2D eigenvalue weighted by molar-refractivity contribution is 1.19. The average Bonchev–Trinajstić information content (AvgIpc) is 2.46. The Morgan fingerprint density at radius 2 is 2.33 bits per heavy atom. The summed E-state index contributed by atoms with van der Waals surface area (Å²) in [6, 6.07) is 4.10. The quantitative estimate of drug-likeness (QED) is 0.728. The Hall–Kier alpha value is -1.09. The number of anilines is 1. The van der Waals surface area contributed by atoms with Crippen molar-refractivity contribution in [2.75, 3.05) is 5.73 Å². The number of aromatic nitrogens is 1. The molecule has 0 spiro atoms. The molecule has 2 rings (SSSR count). The molecule has 0 aromatic carbocycles. The molecule has 0 saturated carbocycles. The molecule has 0 saturated heterocycles. The smallest absolute Gasteiger partial charge is 0.124 e. The Labute approximate surface area is 75.0 Å². The van der Waals surface area contributed by atoms with Crippen LogP contribution in [-0.4, -0.2) is 4.98 Å². The van der Waals surface area contributed by atoms with Crippen LogP contribution in [0.25, 0.3) is 10.1 Å². The van der Waals surface area contributed by atoms with E-state index in [-0.39, 0.29) is 0 Å². The molecule has 2 nitrogen and oxygen atoms in total. The fraction of sp³-hybridized carbons (Fsp3) is 0.222. The molecule has 2 N–H and O–H groups in total. The molecule has 0 amide bonds. The molecule has 0 radical (unpaired) electrons.